The molecule has 0 aliphatic carbocycles. The van der Waals surface area contributed by atoms with Crippen LogP contribution in [0.2, 0.25) is 0 Å². The topological polar surface area (TPSA) is 88.9 Å². The van der Waals surface area contributed by atoms with Crippen LogP contribution in [-0.2, 0) is 23.1 Å². The van der Waals surface area contributed by atoms with Crippen LogP contribution < -0.4 is 10.0 Å². The highest BCUT2D eigenvalue weighted by Gasteiger charge is 2.16. The van der Waals surface area contributed by atoms with E-state index in [-0.39, 0.29) is 6.54 Å². The molecule has 2 aromatic rings. The Morgan fingerprint density at radius 1 is 1.47 bits per heavy atom. The molecule has 0 atom stereocenters. The third-order valence-electron chi connectivity index (χ3n) is 2.38. The molecule has 2 N–H and O–H groups in total. The van der Waals surface area contributed by atoms with Gasteiger partial charge in [0.1, 0.15) is 4.21 Å². The van der Waals surface area contributed by atoms with E-state index in [2.05, 4.69) is 20.4 Å². The Morgan fingerprint density at radius 3 is 3.00 bits per heavy atom. The number of hydrogen-bond donors (Lipinski definition) is 2. The van der Waals surface area contributed by atoms with Crippen LogP contribution in [0.1, 0.15) is 5.56 Å². The average molecular weight is 301 g/mol. The Labute approximate surface area is 115 Å². The van der Waals surface area contributed by atoms with E-state index < -0.39 is 10.0 Å². The van der Waals surface area contributed by atoms with Crippen LogP contribution in [0, 0.1) is 0 Å². The Balaban J connectivity index is 1.93. The molecule has 19 heavy (non-hydrogen) atoms. The number of sulfonamides is 1. The van der Waals surface area contributed by atoms with E-state index >= 15 is 0 Å². The van der Waals surface area contributed by atoms with Gasteiger partial charge in [0, 0.05) is 19.3 Å². The van der Waals surface area contributed by atoms with Crippen molar-refractivity contribution in [3.63, 3.8) is 0 Å². The van der Waals surface area contributed by atoms with Crippen molar-refractivity contribution in [2.75, 3.05) is 13.6 Å². The number of thiophene rings is 1. The monoisotopic (exact) mass is 301 g/mol. The summed E-state index contributed by atoms with van der Waals surface area (Å²) in [4.78, 5) is 0. The minimum absolute atomic E-state index is 0.283. The van der Waals surface area contributed by atoms with Gasteiger partial charge in [-0.1, -0.05) is 5.21 Å². The molecule has 0 radical (unpaired) electrons. The zero-order valence-electron chi connectivity index (χ0n) is 10.4. The number of hydrogen-bond acceptors (Lipinski definition) is 6. The lowest BCUT2D eigenvalue weighted by Crippen LogP contribution is -2.27. The molecule has 0 aliphatic rings. The van der Waals surface area contributed by atoms with E-state index in [1.807, 2.05) is 12.4 Å². The van der Waals surface area contributed by atoms with E-state index in [4.69, 9.17) is 0 Å². The Morgan fingerprint density at radius 2 is 2.32 bits per heavy atom. The third-order valence-corrected chi connectivity index (χ3v) is 5.33. The maximum atomic E-state index is 12.0. The second-order valence-corrected chi connectivity index (χ2v) is 6.77. The maximum Gasteiger partial charge on any atom is 0.250 e. The molecule has 9 heteroatoms. The molecule has 0 saturated heterocycles. The molecule has 2 heterocycles. The summed E-state index contributed by atoms with van der Waals surface area (Å²) in [5, 5.41) is 12.2. The summed E-state index contributed by atoms with van der Waals surface area (Å²) in [6, 6.07) is 1.68. The van der Waals surface area contributed by atoms with Gasteiger partial charge in [-0.05, 0) is 24.1 Å². The highest BCUT2D eigenvalue weighted by atomic mass is 32.2. The number of nitrogens with one attached hydrogen (secondary N) is 2. The second-order valence-electron chi connectivity index (χ2n) is 3.87. The third kappa shape index (κ3) is 3.83. The lowest BCUT2D eigenvalue weighted by atomic mass is 10.3. The average Bonchev–Trinajstić information content (AvgIpc) is 3.00. The lowest BCUT2D eigenvalue weighted by Gasteiger charge is -2.04. The van der Waals surface area contributed by atoms with Gasteiger partial charge in [-0.2, -0.15) is 0 Å². The van der Waals surface area contributed by atoms with Gasteiger partial charge in [0.25, 0.3) is 0 Å². The van der Waals surface area contributed by atoms with Gasteiger partial charge in [0.05, 0.1) is 12.7 Å². The predicted molar refractivity (Wildman–Crippen MR) is 72.3 cm³/mol. The first-order valence-corrected chi connectivity index (χ1v) is 8.04. The molecule has 2 rings (SSSR count). The summed E-state index contributed by atoms with van der Waals surface area (Å²) in [5.74, 6) is 0. The van der Waals surface area contributed by atoms with Gasteiger partial charge in [0.15, 0.2) is 0 Å². The van der Waals surface area contributed by atoms with Crippen LogP contribution in [0.15, 0.2) is 28.0 Å². The zero-order chi connectivity index (χ0) is 13.7. The van der Waals surface area contributed by atoms with E-state index in [1.165, 1.54) is 11.3 Å². The zero-order valence-corrected chi connectivity index (χ0v) is 12.0. The van der Waals surface area contributed by atoms with Crippen molar-refractivity contribution in [3.8, 4) is 0 Å². The summed E-state index contributed by atoms with van der Waals surface area (Å²) >= 11 is 1.22. The molecule has 0 bridgehead atoms. The van der Waals surface area contributed by atoms with Crippen LogP contribution >= 0.6 is 11.3 Å². The summed E-state index contributed by atoms with van der Waals surface area (Å²) in [6.07, 6.45) is 3.24. The molecule has 0 amide bonds. The fourth-order valence-electron chi connectivity index (χ4n) is 1.51. The van der Waals surface area contributed by atoms with Gasteiger partial charge in [-0.15, -0.1) is 16.4 Å². The largest absolute Gasteiger partial charge is 0.316 e. The molecule has 7 nitrogen and oxygen atoms in total. The van der Waals surface area contributed by atoms with Crippen molar-refractivity contribution in [2.45, 2.75) is 17.3 Å². The van der Waals surface area contributed by atoms with Gasteiger partial charge in [0.2, 0.25) is 10.0 Å². The minimum Gasteiger partial charge on any atom is -0.316 e. The fraction of sp³-hybridized carbons (Fsp3) is 0.400. The first-order valence-electron chi connectivity index (χ1n) is 5.67. The van der Waals surface area contributed by atoms with Crippen molar-refractivity contribution in [3.05, 3.63) is 29.4 Å². The molecule has 0 aliphatic heterocycles. The Bertz CT molecular complexity index is 606. The SMILES string of the molecule is CNCc1csc(S(=O)(=O)NCCn2ccnn2)c1. The van der Waals surface area contributed by atoms with Gasteiger partial charge in [-0.3, -0.25) is 4.68 Å². The molecule has 2 aromatic heterocycles. The molecule has 0 saturated carbocycles. The van der Waals surface area contributed by atoms with Crippen LogP contribution in [0.3, 0.4) is 0 Å². The number of rotatable bonds is 7. The lowest BCUT2D eigenvalue weighted by molar-refractivity contribution is 0.554. The van der Waals surface area contributed by atoms with Gasteiger partial charge >= 0.3 is 0 Å². The van der Waals surface area contributed by atoms with Crippen molar-refractivity contribution in [2.24, 2.45) is 0 Å². The Hall–Kier alpha value is -1.29. The van der Waals surface area contributed by atoms with Crippen LogP contribution in [0.4, 0.5) is 0 Å². The number of nitrogens with zero attached hydrogens (tertiary/aromatic N) is 3. The summed E-state index contributed by atoms with van der Waals surface area (Å²) in [5.41, 5.74) is 0.962. The van der Waals surface area contributed by atoms with Gasteiger partial charge < -0.3 is 5.32 Å². The molecular formula is C10H15N5O2S2. The van der Waals surface area contributed by atoms with Crippen LogP contribution in [-0.4, -0.2) is 37.0 Å². The number of aromatic nitrogens is 3. The normalized spacial score (nSPS) is 11.8. The van der Waals surface area contributed by atoms with E-state index in [1.54, 1.807) is 23.1 Å². The molecule has 0 fully saturated rings. The van der Waals surface area contributed by atoms with E-state index in [9.17, 15) is 8.42 Å². The molecular weight excluding hydrogens is 286 g/mol. The Kier molecular flexibility index (Phi) is 4.64. The maximum absolute atomic E-state index is 12.0. The molecule has 0 aromatic carbocycles. The molecule has 0 spiro atoms. The van der Waals surface area contributed by atoms with E-state index in [0.29, 0.717) is 17.3 Å². The quantitative estimate of drug-likeness (QED) is 0.753. The highest BCUT2D eigenvalue weighted by Crippen LogP contribution is 2.19. The van der Waals surface area contributed by atoms with Crippen molar-refractivity contribution >= 4 is 21.4 Å². The highest BCUT2D eigenvalue weighted by molar-refractivity contribution is 7.91. The first-order chi connectivity index (χ1) is 9.12. The summed E-state index contributed by atoms with van der Waals surface area (Å²) in [7, 11) is -1.61. The molecule has 0 unspecified atom stereocenters. The van der Waals surface area contributed by atoms with E-state index in [0.717, 1.165) is 5.56 Å². The molecule has 104 valence electrons. The van der Waals surface area contributed by atoms with Crippen molar-refractivity contribution < 1.29 is 8.42 Å². The minimum atomic E-state index is -3.43. The fourth-order valence-corrected chi connectivity index (χ4v) is 3.78. The first kappa shape index (κ1) is 14.1. The standard InChI is InChI=1S/C10H15N5O2S2/c1-11-7-9-6-10(18-8-9)19(16,17)13-3-5-15-4-2-12-14-15/h2,4,6,8,11,13H,3,5,7H2,1H3. The summed E-state index contributed by atoms with van der Waals surface area (Å²) in [6.45, 7) is 1.39. The van der Waals surface area contributed by atoms with Gasteiger partial charge in [-0.25, -0.2) is 13.1 Å². The summed E-state index contributed by atoms with van der Waals surface area (Å²) < 4.78 is 28.5. The van der Waals surface area contributed by atoms with Crippen molar-refractivity contribution in [1.29, 1.82) is 0 Å². The predicted octanol–water partition coefficient (Wildman–Crippen LogP) is 0.0375. The van der Waals surface area contributed by atoms with Crippen molar-refractivity contribution in [1.82, 2.24) is 25.0 Å². The smallest absolute Gasteiger partial charge is 0.250 e. The van der Waals surface area contributed by atoms with Crippen LogP contribution in [0.5, 0.6) is 0 Å². The second kappa shape index (κ2) is 6.24. The van der Waals surface area contributed by atoms with Crippen LogP contribution in [0.25, 0.3) is 0 Å².